The lowest BCUT2D eigenvalue weighted by Gasteiger charge is -2.17. The van der Waals surface area contributed by atoms with Crippen LogP contribution in [0.5, 0.6) is 5.75 Å². The van der Waals surface area contributed by atoms with Crippen molar-refractivity contribution in [1.82, 2.24) is 0 Å². The van der Waals surface area contributed by atoms with Crippen LogP contribution >= 0.6 is 11.6 Å². The Hall–Kier alpha value is -1.27. The number of oxime groups is 1. The minimum atomic E-state index is -3.57. The summed E-state index contributed by atoms with van der Waals surface area (Å²) < 4.78 is 30.7. The maximum Gasteiger partial charge on any atom is 0.199 e. The molecule has 1 aromatic rings. The number of aryl methyl sites for hydroxylation is 1. The molecule has 0 spiro atoms. The van der Waals surface area contributed by atoms with Gasteiger partial charge in [0.25, 0.3) is 0 Å². The van der Waals surface area contributed by atoms with Gasteiger partial charge < -0.3 is 9.57 Å². The maximum absolute atomic E-state index is 12.6. The fourth-order valence-corrected chi connectivity index (χ4v) is 3.87. The Morgan fingerprint density at radius 2 is 2.18 bits per heavy atom. The molecule has 0 saturated carbocycles. The second-order valence-corrected chi connectivity index (χ2v) is 7.85. The second kappa shape index (κ2) is 6.46. The van der Waals surface area contributed by atoms with Crippen molar-refractivity contribution >= 4 is 26.5 Å². The van der Waals surface area contributed by atoms with Gasteiger partial charge in [-0.25, -0.2) is 8.42 Å². The van der Waals surface area contributed by atoms with E-state index in [-0.39, 0.29) is 23.1 Å². The summed E-state index contributed by atoms with van der Waals surface area (Å²) in [4.78, 5) is 5.17. The lowest BCUT2D eigenvalue weighted by atomic mass is 10.1. The number of ether oxygens (including phenoxy) is 1. The van der Waals surface area contributed by atoms with Crippen molar-refractivity contribution in [3.05, 3.63) is 29.3 Å². The molecule has 0 aromatic heterocycles. The summed E-state index contributed by atoms with van der Waals surface area (Å²) >= 11 is 5.80. The van der Waals surface area contributed by atoms with Gasteiger partial charge in [-0.05, 0) is 26.3 Å². The van der Waals surface area contributed by atoms with E-state index < -0.39 is 15.4 Å². The number of halogens is 1. The van der Waals surface area contributed by atoms with E-state index in [9.17, 15) is 8.42 Å². The van der Waals surface area contributed by atoms with Crippen molar-refractivity contribution in [3.8, 4) is 5.75 Å². The highest BCUT2D eigenvalue weighted by molar-refractivity contribution is 8.05. The first-order chi connectivity index (χ1) is 10.3. The van der Waals surface area contributed by atoms with Crippen LogP contribution in [0.15, 0.2) is 23.4 Å². The maximum atomic E-state index is 12.6. The molecule has 1 heterocycles. The summed E-state index contributed by atoms with van der Waals surface area (Å²) in [5, 5.41) is 3.77. The number of hydrogen-bond acceptors (Lipinski definition) is 5. The van der Waals surface area contributed by atoms with E-state index in [1.807, 2.05) is 26.0 Å². The zero-order chi connectivity index (χ0) is 16.4. The molecule has 1 atom stereocenters. The monoisotopic (exact) mass is 345 g/mol. The first-order valence-corrected chi connectivity index (χ1v) is 9.25. The van der Waals surface area contributed by atoms with E-state index in [0.717, 1.165) is 5.56 Å². The molecule has 7 heteroatoms. The van der Waals surface area contributed by atoms with Gasteiger partial charge in [0.2, 0.25) is 0 Å². The van der Waals surface area contributed by atoms with Crippen LogP contribution in [0.1, 0.15) is 31.4 Å². The molecule has 2 rings (SSSR count). The summed E-state index contributed by atoms with van der Waals surface area (Å²) in [5.41, 5.74) is 0.785. The molecule has 0 aliphatic carbocycles. The van der Waals surface area contributed by atoms with E-state index in [4.69, 9.17) is 21.2 Å². The predicted octanol–water partition coefficient (Wildman–Crippen LogP) is 3.04. The zero-order valence-electron chi connectivity index (χ0n) is 12.9. The van der Waals surface area contributed by atoms with Crippen LogP contribution in [0, 0.1) is 6.92 Å². The van der Waals surface area contributed by atoms with E-state index in [0.29, 0.717) is 17.9 Å². The normalized spacial score (nSPS) is 21.4. The molecule has 5 nitrogen and oxygen atoms in total. The van der Waals surface area contributed by atoms with Crippen molar-refractivity contribution in [2.24, 2.45) is 5.16 Å². The lowest BCUT2D eigenvalue weighted by Crippen LogP contribution is -2.28. The topological polar surface area (TPSA) is 65.0 Å². The van der Waals surface area contributed by atoms with Gasteiger partial charge in [-0.15, -0.1) is 11.6 Å². The Labute approximate surface area is 136 Å². The fourth-order valence-electron chi connectivity index (χ4n) is 2.25. The Bertz CT molecular complexity index is 687. The first-order valence-electron chi connectivity index (χ1n) is 7.06. The number of benzene rings is 1. The standard InChI is InChI=1S/C15H20ClNO4S/c1-4-20-14-11(2)6-5-7-12(14)9-22(18,19)13-8-15(3,10-16)21-17-13/h5-7H,4,8-10H2,1-3H3. The lowest BCUT2D eigenvalue weighted by molar-refractivity contribution is 0.0152. The third-order valence-electron chi connectivity index (χ3n) is 3.46. The average molecular weight is 346 g/mol. The van der Waals surface area contributed by atoms with Gasteiger partial charge in [0, 0.05) is 12.0 Å². The predicted molar refractivity (Wildman–Crippen MR) is 87.2 cm³/mol. The van der Waals surface area contributed by atoms with Crippen molar-refractivity contribution in [2.75, 3.05) is 12.5 Å². The third kappa shape index (κ3) is 3.55. The molecule has 0 amide bonds. The summed E-state index contributed by atoms with van der Waals surface area (Å²) in [6.07, 6.45) is 0.189. The van der Waals surface area contributed by atoms with E-state index in [2.05, 4.69) is 5.16 Å². The van der Waals surface area contributed by atoms with E-state index in [1.165, 1.54) is 0 Å². The van der Waals surface area contributed by atoms with Gasteiger partial charge in [-0.1, -0.05) is 23.4 Å². The quantitative estimate of drug-likeness (QED) is 0.769. The molecule has 0 fully saturated rings. The largest absolute Gasteiger partial charge is 0.493 e. The van der Waals surface area contributed by atoms with Crippen LogP contribution < -0.4 is 4.74 Å². The van der Waals surface area contributed by atoms with Gasteiger partial charge in [-0.3, -0.25) is 0 Å². The smallest absolute Gasteiger partial charge is 0.199 e. The van der Waals surface area contributed by atoms with E-state index >= 15 is 0 Å². The Morgan fingerprint density at radius 1 is 1.45 bits per heavy atom. The molecule has 1 unspecified atom stereocenters. The van der Waals surface area contributed by atoms with E-state index in [1.54, 1.807) is 13.0 Å². The number of hydrogen-bond donors (Lipinski definition) is 0. The third-order valence-corrected chi connectivity index (χ3v) is 5.66. The number of para-hydroxylation sites is 1. The first kappa shape index (κ1) is 17.1. The van der Waals surface area contributed by atoms with Gasteiger partial charge in [0.05, 0.1) is 18.2 Å². The van der Waals surface area contributed by atoms with Gasteiger partial charge in [0.15, 0.2) is 20.5 Å². The average Bonchev–Trinajstić information content (AvgIpc) is 2.87. The molecular formula is C15H20ClNO4S. The van der Waals surface area contributed by atoms with Crippen molar-refractivity contribution < 1.29 is 18.0 Å². The van der Waals surface area contributed by atoms with Gasteiger partial charge in [-0.2, -0.15) is 0 Å². The second-order valence-electron chi connectivity index (χ2n) is 5.59. The van der Waals surface area contributed by atoms with Gasteiger partial charge >= 0.3 is 0 Å². The molecule has 0 radical (unpaired) electrons. The van der Waals surface area contributed by atoms with Crippen molar-refractivity contribution in [2.45, 2.75) is 38.5 Å². The number of nitrogens with zero attached hydrogens (tertiary/aromatic N) is 1. The summed E-state index contributed by atoms with van der Waals surface area (Å²) in [6.45, 7) is 5.98. The number of alkyl halides is 1. The molecule has 1 aliphatic heterocycles. The molecule has 0 saturated heterocycles. The molecule has 122 valence electrons. The van der Waals surface area contributed by atoms with Crippen LogP contribution in [0.25, 0.3) is 0 Å². The van der Waals surface area contributed by atoms with Crippen LogP contribution in [0.2, 0.25) is 0 Å². The zero-order valence-corrected chi connectivity index (χ0v) is 14.5. The number of rotatable bonds is 5. The van der Waals surface area contributed by atoms with Crippen LogP contribution in [0.4, 0.5) is 0 Å². The Morgan fingerprint density at radius 3 is 2.77 bits per heavy atom. The minimum absolute atomic E-state index is 0.0413. The Balaban J connectivity index is 2.26. The van der Waals surface area contributed by atoms with Crippen molar-refractivity contribution in [1.29, 1.82) is 0 Å². The molecular weight excluding hydrogens is 326 g/mol. The van der Waals surface area contributed by atoms with Crippen LogP contribution in [-0.2, 0) is 20.4 Å². The summed E-state index contributed by atoms with van der Waals surface area (Å²) in [5.74, 6) is 0.641. The highest BCUT2D eigenvalue weighted by atomic mass is 35.5. The van der Waals surface area contributed by atoms with Crippen LogP contribution in [0.3, 0.4) is 0 Å². The molecule has 1 aliphatic rings. The molecule has 0 bridgehead atoms. The molecule has 22 heavy (non-hydrogen) atoms. The summed E-state index contributed by atoms with van der Waals surface area (Å²) in [6, 6.07) is 5.47. The highest BCUT2D eigenvalue weighted by Gasteiger charge is 2.39. The minimum Gasteiger partial charge on any atom is -0.493 e. The molecule has 0 N–H and O–H groups in total. The Kier molecular flexibility index (Phi) is 5.02. The SMILES string of the molecule is CCOc1c(C)cccc1CS(=O)(=O)C1=NOC(C)(CCl)C1. The van der Waals surface area contributed by atoms with Gasteiger partial charge in [0.1, 0.15) is 5.75 Å². The number of sulfone groups is 1. The fraction of sp³-hybridized carbons (Fsp3) is 0.533. The molecule has 1 aromatic carbocycles. The highest BCUT2D eigenvalue weighted by Crippen LogP contribution is 2.30. The van der Waals surface area contributed by atoms with Crippen molar-refractivity contribution in [3.63, 3.8) is 0 Å². The van der Waals surface area contributed by atoms with Crippen LogP contribution in [-0.4, -0.2) is 31.5 Å². The summed E-state index contributed by atoms with van der Waals surface area (Å²) in [7, 11) is -3.57.